The standard InChI is InChI=1S/C19H21N7O3/c1-11-5-6-13(21-19(29)25(3)4)9-15(11)22-18(28)14-10-20-26(12(14)2)16-7-8-17(27)24-23-16/h5-10H,1-4H3,(H,21,29)(H,22,28)(H,24,27). The Bertz CT molecular complexity index is 1110. The molecule has 0 aliphatic carbocycles. The molecule has 0 aliphatic heterocycles. The van der Waals surface area contributed by atoms with E-state index in [2.05, 4.69) is 25.9 Å². The second kappa shape index (κ2) is 7.97. The molecule has 10 nitrogen and oxygen atoms in total. The number of benzene rings is 1. The van der Waals surface area contributed by atoms with E-state index in [1.54, 1.807) is 39.2 Å². The van der Waals surface area contributed by atoms with Crippen LogP contribution in [0, 0.1) is 13.8 Å². The van der Waals surface area contributed by atoms with Crippen molar-refractivity contribution in [3.05, 3.63) is 63.7 Å². The van der Waals surface area contributed by atoms with Crippen molar-refractivity contribution in [2.24, 2.45) is 0 Å². The van der Waals surface area contributed by atoms with E-state index < -0.39 is 0 Å². The van der Waals surface area contributed by atoms with E-state index in [0.717, 1.165) is 5.56 Å². The number of hydrogen-bond donors (Lipinski definition) is 3. The number of urea groups is 1. The van der Waals surface area contributed by atoms with Gasteiger partial charge >= 0.3 is 6.03 Å². The lowest BCUT2D eigenvalue weighted by atomic mass is 10.1. The van der Waals surface area contributed by atoms with Crippen LogP contribution in [0.1, 0.15) is 21.6 Å². The van der Waals surface area contributed by atoms with Crippen LogP contribution in [-0.2, 0) is 0 Å². The smallest absolute Gasteiger partial charge is 0.321 e. The van der Waals surface area contributed by atoms with Crippen LogP contribution in [0.4, 0.5) is 16.2 Å². The average molecular weight is 395 g/mol. The highest BCUT2D eigenvalue weighted by molar-refractivity contribution is 6.05. The Morgan fingerprint density at radius 1 is 1.10 bits per heavy atom. The molecular weight excluding hydrogens is 374 g/mol. The summed E-state index contributed by atoms with van der Waals surface area (Å²) in [6.07, 6.45) is 1.43. The number of rotatable bonds is 4. The van der Waals surface area contributed by atoms with Crippen LogP contribution >= 0.6 is 0 Å². The number of hydrogen-bond acceptors (Lipinski definition) is 5. The van der Waals surface area contributed by atoms with Gasteiger partial charge < -0.3 is 15.5 Å². The molecule has 3 amide bonds. The monoisotopic (exact) mass is 395 g/mol. The van der Waals surface area contributed by atoms with Crippen LogP contribution in [0.5, 0.6) is 0 Å². The Hall–Kier alpha value is -3.95. The lowest BCUT2D eigenvalue weighted by molar-refractivity contribution is 0.102. The zero-order valence-corrected chi connectivity index (χ0v) is 16.5. The van der Waals surface area contributed by atoms with Crippen LogP contribution in [0.25, 0.3) is 5.82 Å². The molecule has 3 rings (SSSR count). The van der Waals surface area contributed by atoms with Gasteiger partial charge in [0.1, 0.15) is 0 Å². The highest BCUT2D eigenvalue weighted by Crippen LogP contribution is 2.22. The number of H-pyrrole nitrogens is 1. The predicted molar refractivity (Wildman–Crippen MR) is 109 cm³/mol. The molecule has 0 unspecified atom stereocenters. The van der Waals surface area contributed by atoms with Gasteiger partial charge in [-0.15, -0.1) is 0 Å². The van der Waals surface area contributed by atoms with Gasteiger partial charge in [-0.2, -0.15) is 10.2 Å². The summed E-state index contributed by atoms with van der Waals surface area (Å²) in [6, 6.07) is 7.84. The molecule has 0 bridgehead atoms. The van der Waals surface area contributed by atoms with Gasteiger partial charge in [-0.05, 0) is 37.6 Å². The summed E-state index contributed by atoms with van der Waals surface area (Å²) in [5.41, 5.74) is 2.58. The third-order valence-electron chi connectivity index (χ3n) is 4.28. The van der Waals surface area contributed by atoms with Crippen molar-refractivity contribution in [2.45, 2.75) is 13.8 Å². The maximum atomic E-state index is 12.8. The molecule has 29 heavy (non-hydrogen) atoms. The van der Waals surface area contributed by atoms with E-state index in [1.165, 1.54) is 27.9 Å². The molecular formula is C19H21N7O3. The fourth-order valence-corrected chi connectivity index (χ4v) is 2.58. The summed E-state index contributed by atoms with van der Waals surface area (Å²) in [6.45, 7) is 3.59. The highest BCUT2D eigenvalue weighted by Gasteiger charge is 2.17. The molecule has 2 heterocycles. The molecule has 0 spiro atoms. The van der Waals surface area contributed by atoms with Crippen molar-refractivity contribution in [1.29, 1.82) is 0 Å². The van der Waals surface area contributed by atoms with Crippen molar-refractivity contribution in [2.75, 3.05) is 24.7 Å². The van der Waals surface area contributed by atoms with Gasteiger partial charge in [0.05, 0.1) is 17.5 Å². The average Bonchev–Trinajstić information content (AvgIpc) is 3.06. The van der Waals surface area contributed by atoms with Crippen LogP contribution in [0.15, 0.2) is 41.3 Å². The van der Waals surface area contributed by atoms with E-state index in [1.807, 2.05) is 6.92 Å². The highest BCUT2D eigenvalue weighted by atomic mass is 16.2. The lowest BCUT2D eigenvalue weighted by Gasteiger charge is -2.14. The first-order valence-corrected chi connectivity index (χ1v) is 8.77. The Kier molecular flexibility index (Phi) is 5.44. The number of nitrogens with one attached hydrogen (secondary N) is 3. The van der Waals surface area contributed by atoms with Crippen LogP contribution < -0.4 is 16.2 Å². The SMILES string of the molecule is Cc1ccc(NC(=O)N(C)C)cc1NC(=O)c1cnn(-c2ccc(=O)[nH]n2)c1C. The maximum Gasteiger partial charge on any atom is 0.321 e. The number of aromatic nitrogens is 4. The number of aromatic amines is 1. The topological polar surface area (TPSA) is 125 Å². The molecule has 3 N–H and O–H groups in total. The third-order valence-corrected chi connectivity index (χ3v) is 4.28. The first-order valence-electron chi connectivity index (χ1n) is 8.77. The fourth-order valence-electron chi connectivity index (χ4n) is 2.58. The van der Waals surface area contributed by atoms with Crippen molar-refractivity contribution in [3.8, 4) is 5.82 Å². The van der Waals surface area contributed by atoms with Gasteiger partial charge in [0, 0.05) is 31.5 Å². The predicted octanol–water partition coefficient (Wildman–Crippen LogP) is 1.92. The summed E-state index contributed by atoms with van der Waals surface area (Å²) in [7, 11) is 3.29. The van der Waals surface area contributed by atoms with Crippen LogP contribution in [-0.4, -0.2) is 50.9 Å². The molecule has 0 saturated carbocycles. The molecule has 10 heteroatoms. The lowest BCUT2D eigenvalue weighted by Crippen LogP contribution is -2.27. The minimum absolute atomic E-state index is 0.267. The molecule has 3 aromatic rings. The molecule has 0 atom stereocenters. The maximum absolute atomic E-state index is 12.8. The second-order valence-corrected chi connectivity index (χ2v) is 6.64. The van der Waals surface area contributed by atoms with E-state index >= 15 is 0 Å². The van der Waals surface area contributed by atoms with Crippen molar-refractivity contribution in [1.82, 2.24) is 24.9 Å². The van der Waals surface area contributed by atoms with Gasteiger partial charge in [0.25, 0.3) is 11.5 Å². The molecule has 0 radical (unpaired) electrons. The zero-order chi connectivity index (χ0) is 21.1. The quantitative estimate of drug-likeness (QED) is 0.622. The molecule has 150 valence electrons. The molecule has 0 saturated heterocycles. The summed E-state index contributed by atoms with van der Waals surface area (Å²) in [4.78, 5) is 37.2. The van der Waals surface area contributed by atoms with Crippen molar-refractivity contribution >= 4 is 23.3 Å². The first-order chi connectivity index (χ1) is 13.8. The van der Waals surface area contributed by atoms with E-state index in [9.17, 15) is 14.4 Å². The normalized spacial score (nSPS) is 10.5. The van der Waals surface area contributed by atoms with Crippen LogP contribution in [0.2, 0.25) is 0 Å². The summed E-state index contributed by atoms with van der Waals surface area (Å²) < 4.78 is 1.46. The van der Waals surface area contributed by atoms with Gasteiger partial charge in [-0.1, -0.05) is 6.07 Å². The Balaban J connectivity index is 1.83. The minimum atomic E-state index is -0.350. The van der Waals surface area contributed by atoms with Gasteiger partial charge in [0.2, 0.25) is 0 Å². The van der Waals surface area contributed by atoms with Crippen LogP contribution in [0.3, 0.4) is 0 Å². The number of carbonyl (C=O) groups is 2. The molecule has 0 aliphatic rings. The first kappa shape index (κ1) is 19.8. The van der Waals surface area contributed by atoms with Crippen molar-refractivity contribution < 1.29 is 9.59 Å². The Labute approximate surface area is 166 Å². The number of anilines is 2. The van der Waals surface area contributed by atoms with Crippen molar-refractivity contribution in [3.63, 3.8) is 0 Å². The molecule has 0 fully saturated rings. The fraction of sp³-hybridized carbons (Fsp3) is 0.211. The molecule has 1 aromatic carbocycles. The van der Waals surface area contributed by atoms with E-state index in [4.69, 9.17) is 0 Å². The Morgan fingerprint density at radius 2 is 1.86 bits per heavy atom. The number of aryl methyl sites for hydroxylation is 1. The van der Waals surface area contributed by atoms with Gasteiger partial charge in [-0.3, -0.25) is 9.59 Å². The summed E-state index contributed by atoms with van der Waals surface area (Å²) in [5, 5.41) is 16.0. The Morgan fingerprint density at radius 3 is 2.52 bits per heavy atom. The third kappa shape index (κ3) is 4.32. The minimum Gasteiger partial charge on any atom is -0.331 e. The summed E-state index contributed by atoms with van der Waals surface area (Å²) >= 11 is 0. The number of carbonyl (C=O) groups excluding carboxylic acids is 2. The van der Waals surface area contributed by atoms with E-state index in [-0.39, 0.29) is 17.5 Å². The van der Waals surface area contributed by atoms with Gasteiger partial charge in [-0.25, -0.2) is 14.6 Å². The zero-order valence-electron chi connectivity index (χ0n) is 16.5. The number of nitrogens with zero attached hydrogens (tertiary/aromatic N) is 4. The largest absolute Gasteiger partial charge is 0.331 e. The summed E-state index contributed by atoms with van der Waals surface area (Å²) in [5.74, 6) is 0.0445. The number of amides is 3. The molecule has 2 aromatic heterocycles. The van der Waals surface area contributed by atoms with Gasteiger partial charge in [0.15, 0.2) is 5.82 Å². The van der Waals surface area contributed by atoms with E-state index in [0.29, 0.717) is 28.5 Å². The second-order valence-electron chi connectivity index (χ2n) is 6.64.